The second kappa shape index (κ2) is 8.43. The van der Waals surface area contributed by atoms with Gasteiger partial charge in [0, 0.05) is 42.6 Å². The van der Waals surface area contributed by atoms with Crippen molar-refractivity contribution in [2.45, 2.75) is 6.92 Å². The van der Waals surface area contributed by atoms with E-state index in [0.29, 0.717) is 6.54 Å². The molecule has 1 fully saturated rings. The maximum absolute atomic E-state index is 12.3. The molecule has 0 spiro atoms. The highest BCUT2D eigenvalue weighted by Gasteiger charge is 2.19. The molecule has 2 aromatic rings. The molecule has 1 aliphatic heterocycles. The van der Waals surface area contributed by atoms with Crippen LogP contribution in [0.4, 0.5) is 11.4 Å². The highest BCUT2D eigenvalue weighted by Crippen LogP contribution is 2.24. The summed E-state index contributed by atoms with van der Waals surface area (Å²) in [5.74, 6) is 0.775. The molecule has 6 heteroatoms. The fraction of sp³-hybridized carbons (Fsp3) is 0.350. The first kappa shape index (κ1) is 18.5. The van der Waals surface area contributed by atoms with Crippen LogP contribution in [0, 0.1) is 6.92 Å². The van der Waals surface area contributed by atoms with Crippen LogP contribution < -0.4 is 15.0 Å². The van der Waals surface area contributed by atoms with Gasteiger partial charge in [-0.25, -0.2) is 0 Å². The van der Waals surface area contributed by atoms with E-state index in [1.54, 1.807) is 7.11 Å². The molecule has 0 aromatic heterocycles. The maximum Gasteiger partial charge on any atom is 0.238 e. The van der Waals surface area contributed by atoms with Gasteiger partial charge in [0.1, 0.15) is 5.75 Å². The number of hydrogen-bond donors (Lipinski definition) is 1. The number of hydrogen-bond acceptors (Lipinski definition) is 4. The van der Waals surface area contributed by atoms with E-state index in [1.807, 2.05) is 43.3 Å². The van der Waals surface area contributed by atoms with Gasteiger partial charge < -0.3 is 15.0 Å². The van der Waals surface area contributed by atoms with Crippen LogP contribution in [0.1, 0.15) is 5.56 Å². The Kier molecular flexibility index (Phi) is 6.01. The molecule has 1 aliphatic rings. The fourth-order valence-electron chi connectivity index (χ4n) is 3.02. The van der Waals surface area contributed by atoms with E-state index >= 15 is 0 Å². The van der Waals surface area contributed by atoms with Crippen LogP contribution in [0.5, 0.6) is 5.75 Å². The van der Waals surface area contributed by atoms with Crippen LogP contribution in [0.15, 0.2) is 42.5 Å². The van der Waals surface area contributed by atoms with Gasteiger partial charge in [0.05, 0.1) is 13.7 Å². The van der Waals surface area contributed by atoms with E-state index in [0.717, 1.165) is 53.9 Å². The summed E-state index contributed by atoms with van der Waals surface area (Å²) in [6.45, 7) is 5.87. The van der Waals surface area contributed by atoms with E-state index in [-0.39, 0.29) is 5.91 Å². The van der Waals surface area contributed by atoms with Crippen LogP contribution in [-0.2, 0) is 4.79 Å². The Balaban J connectivity index is 1.48. The SMILES string of the molecule is COc1ccc(NC(=O)CN2CCN(c3ccc(C)c(Cl)c3)CC2)cc1. The Morgan fingerprint density at radius 3 is 2.42 bits per heavy atom. The summed E-state index contributed by atoms with van der Waals surface area (Å²) < 4.78 is 5.12. The lowest BCUT2D eigenvalue weighted by Gasteiger charge is -2.35. The molecule has 1 N–H and O–H groups in total. The highest BCUT2D eigenvalue weighted by molar-refractivity contribution is 6.31. The van der Waals surface area contributed by atoms with E-state index in [2.05, 4.69) is 21.2 Å². The van der Waals surface area contributed by atoms with Crippen LogP contribution in [0.3, 0.4) is 0 Å². The van der Waals surface area contributed by atoms with E-state index in [1.165, 1.54) is 0 Å². The number of anilines is 2. The maximum atomic E-state index is 12.3. The third-order valence-corrected chi connectivity index (χ3v) is 5.04. The molecular formula is C20H24ClN3O2. The lowest BCUT2D eigenvalue weighted by Crippen LogP contribution is -2.48. The number of nitrogens with one attached hydrogen (secondary N) is 1. The van der Waals surface area contributed by atoms with Crippen molar-refractivity contribution in [3.8, 4) is 5.75 Å². The van der Waals surface area contributed by atoms with Gasteiger partial charge in [0.25, 0.3) is 0 Å². The molecule has 26 heavy (non-hydrogen) atoms. The standard InChI is InChI=1S/C20H24ClN3O2/c1-15-3-6-17(13-19(15)21)24-11-9-23(10-12-24)14-20(25)22-16-4-7-18(26-2)8-5-16/h3-8,13H,9-12,14H2,1-2H3,(H,22,25). The second-order valence-electron chi connectivity index (χ2n) is 6.47. The third-order valence-electron chi connectivity index (χ3n) is 4.63. The van der Waals surface area contributed by atoms with Crippen molar-refractivity contribution in [1.29, 1.82) is 0 Å². The second-order valence-corrected chi connectivity index (χ2v) is 6.88. The number of nitrogens with zero attached hydrogens (tertiary/aromatic N) is 2. The zero-order valence-electron chi connectivity index (χ0n) is 15.2. The summed E-state index contributed by atoms with van der Waals surface area (Å²) in [6, 6.07) is 13.5. The number of ether oxygens (including phenoxy) is 1. The average Bonchev–Trinajstić information content (AvgIpc) is 2.65. The molecule has 5 nitrogen and oxygen atoms in total. The number of aryl methyl sites for hydroxylation is 1. The summed E-state index contributed by atoms with van der Waals surface area (Å²) in [4.78, 5) is 16.7. The Morgan fingerprint density at radius 2 is 1.81 bits per heavy atom. The lowest BCUT2D eigenvalue weighted by atomic mass is 10.2. The topological polar surface area (TPSA) is 44.8 Å². The zero-order valence-corrected chi connectivity index (χ0v) is 15.9. The Labute approximate surface area is 159 Å². The molecule has 1 heterocycles. The molecule has 3 rings (SSSR count). The zero-order chi connectivity index (χ0) is 18.5. The van der Waals surface area contributed by atoms with Crippen molar-refractivity contribution in [3.63, 3.8) is 0 Å². The number of piperazine rings is 1. The summed E-state index contributed by atoms with van der Waals surface area (Å²) >= 11 is 6.23. The normalized spacial score (nSPS) is 15.0. The van der Waals surface area contributed by atoms with Gasteiger partial charge >= 0.3 is 0 Å². The minimum Gasteiger partial charge on any atom is -0.497 e. The number of carbonyl (C=O) groups is 1. The molecule has 0 atom stereocenters. The molecule has 0 bridgehead atoms. The summed E-state index contributed by atoms with van der Waals surface area (Å²) in [6.07, 6.45) is 0. The van der Waals surface area contributed by atoms with Crippen LogP contribution >= 0.6 is 11.6 Å². The number of amides is 1. The minimum atomic E-state index is 0.00185. The summed E-state index contributed by atoms with van der Waals surface area (Å²) in [7, 11) is 1.62. The number of rotatable bonds is 5. The minimum absolute atomic E-state index is 0.00185. The van der Waals surface area contributed by atoms with Gasteiger partial charge in [-0.1, -0.05) is 17.7 Å². The van der Waals surface area contributed by atoms with Crippen molar-refractivity contribution >= 4 is 28.9 Å². The number of methoxy groups -OCH3 is 1. The van der Waals surface area contributed by atoms with Gasteiger partial charge in [0.15, 0.2) is 0 Å². The molecule has 0 aliphatic carbocycles. The van der Waals surface area contributed by atoms with Crippen molar-refractivity contribution in [1.82, 2.24) is 4.90 Å². The first-order valence-corrected chi connectivity index (χ1v) is 9.10. The molecule has 1 amide bonds. The molecular weight excluding hydrogens is 350 g/mol. The third kappa shape index (κ3) is 4.68. The van der Waals surface area contributed by atoms with Gasteiger partial charge in [-0.15, -0.1) is 0 Å². The monoisotopic (exact) mass is 373 g/mol. The van der Waals surface area contributed by atoms with E-state index in [4.69, 9.17) is 16.3 Å². The molecule has 138 valence electrons. The smallest absolute Gasteiger partial charge is 0.238 e. The van der Waals surface area contributed by atoms with Gasteiger partial charge in [-0.2, -0.15) is 0 Å². The highest BCUT2D eigenvalue weighted by atomic mass is 35.5. The fourth-order valence-corrected chi connectivity index (χ4v) is 3.20. The van der Waals surface area contributed by atoms with Crippen LogP contribution in [0.25, 0.3) is 0 Å². The van der Waals surface area contributed by atoms with Crippen LogP contribution in [-0.4, -0.2) is 50.6 Å². The van der Waals surface area contributed by atoms with Crippen molar-refractivity contribution in [2.75, 3.05) is 50.1 Å². The van der Waals surface area contributed by atoms with Crippen molar-refractivity contribution < 1.29 is 9.53 Å². The van der Waals surface area contributed by atoms with Crippen LogP contribution in [0.2, 0.25) is 5.02 Å². The van der Waals surface area contributed by atoms with E-state index in [9.17, 15) is 4.79 Å². The molecule has 1 saturated heterocycles. The first-order valence-electron chi connectivity index (χ1n) is 8.72. The largest absolute Gasteiger partial charge is 0.497 e. The predicted molar refractivity (Wildman–Crippen MR) is 106 cm³/mol. The van der Waals surface area contributed by atoms with Gasteiger partial charge in [-0.05, 0) is 48.9 Å². The molecule has 0 unspecified atom stereocenters. The Hall–Kier alpha value is -2.24. The molecule has 2 aromatic carbocycles. The van der Waals surface area contributed by atoms with Crippen molar-refractivity contribution in [2.24, 2.45) is 0 Å². The lowest BCUT2D eigenvalue weighted by molar-refractivity contribution is -0.117. The number of benzene rings is 2. The van der Waals surface area contributed by atoms with Gasteiger partial charge in [-0.3, -0.25) is 9.69 Å². The summed E-state index contributed by atoms with van der Waals surface area (Å²) in [5.41, 5.74) is 3.01. The first-order chi connectivity index (χ1) is 12.5. The quantitative estimate of drug-likeness (QED) is 0.872. The number of halogens is 1. The Morgan fingerprint density at radius 1 is 1.12 bits per heavy atom. The average molecular weight is 374 g/mol. The van der Waals surface area contributed by atoms with Gasteiger partial charge in [0.2, 0.25) is 5.91 Å². The van der Waals surface area contributed by atoms with Crippen molar-refractivity contribution in [3.05, 3.63) is 53.1 Å². The van der Waals surface area contributed by atoms with E-state index < -0.39 is 0 Å². The number of carbonyl (C=O) groups excluding carboxylic acids is 1. The molecule has 0 saturated carbocycles. The predicted octanol–water partition coefficient (Wildman–Crippen LogP) is 3.42. The summed E-state index contributed by atoms with van der Waals surface area (Å²) in [5, 5.41) is 3.73. The Bertz CT molecular complexity index is 756. The molecule has 0 radical (unpaired) electrons.